The lowest BCUT2D eigenvalue weighted by atomic mass is 10.1. The summed E-state index contributed by atoms with van der Waals surface area (Å²) >= 11 is 0. The number of alkyl halides is 3. The fourth-order valence-electron chi connectivity index (χ4n) is 1.27. The SMILES string of the molecule is CS(=O)(=O)CC(O)c1ccc(OC(F)(F)F)cc1. The molecular formula is C10H11F3O4S. The van der Waals surface area contributed by atoms with Gasteiger partial charge in [0.2, 0.25) is 0 Å². The Morgan fingerprint density at radius 3 is 2.17 bits per heavy atom. The zero-order chi connectivity index (χ0) is 14.0. The number of ether oxygens (including phenoxy) is 1. The maximum Gasteiger partial charge on any atom is 0.573 e. The van der Waals surface area contributed by atoms with Gasteiger partial charge in [-0.1, -0.05) is 12.1 Å². The monoisotopic (exact) mass is 284 g/mol. The van der Waals surface area contributed by atoms with Crippen molar-refractivity contribution in [1.29, 1.82) is 0 Å². The zero-order valence-electron chi connectivity index (χ0n) is 9.31. The standard InChI is InChI=1S/C10H11F3O4S/c1-18(15,16)6-9(14)7-2-4-8(5-3-7)17-10(11,12)13/h2-5,9,14H,6H2,1H3. The van der Waals surface area contributed by atoms with E-state index in [9.17, 15) is 26.7 Å². The molecule has 102 valence electrons. The summed E-state index contributed by atoms with van der Waals surface area (Å²) in [5, 5.41) is 9.54. The second kappa shape index (κ2) is 5.15. The Morgan fingerprint density at radius 1 is 1.28 bits per heavy atom. The van der Waals surface area contributed by atoms with Gasteiger partial charge >= 0.3 is 6.36 Å². The van der Waals surface area contributed by atoms with Crippen LogP contribution in [0.15, 0.2) is 24.3 Å². The number of sulfone groups is 1. The quantitative estimate of drug-likeness (QED) is 0.913. The van der Waals surface area contributed by atoms with Gasteiger partial charge in [0.25, 0.3) is 0 Å². The average molecular weight is 284 g/mol. The largest absolute Gasteiger partial charge is 0.573 e. The van der Waals surface area contributed by atoms with E-state index in [0.29, 0.717) is 0 Å². The van der Waals surface area contributed by atoms with Crippen LogP contribution < -0.4 is 4.74 Å². The minimum Gasteiger partial charge on any atom is -0.406 e. The maximum atomic E-state index is 11.9. The third kappa shape index (κ3) is 5.37. The minimum absolute atomic E-state index is 0.204. The molecule has 1 atom stereocenters. The van der Waals surface area contributed by atoms with E-state index in [-0.39, 0.29) is 5.56 Å². The minimum atomic E-state index is -4.78. The normalized spacial score (nSPS) is 14.3. The van der Waals surface area contributed by atoms with Gasteiger partial charge in [-0.05, 0) is 17.7 Å². The van der Waals surface area contributed by atoms with Crippen molar-refractivity contribution in [1.82, 2.24) is 0 Å². The molecular weight excluding hydrogens is 273 g/mol. The van der Waals surface area contributed by atoms with E-state index < -0.39 is 33.8 Å². The van der Waals surface area contributed by atoms with Crippen LogP contribution >= 0.6 is 0 Å². The molecule has 0 spiro atoms. The van der Waals surface area contributed by atoms with Gasteiger partial charge < -0.3 is 9.84 Å². The molecule has 0 bridgehead atoms. The van der Waals surface area contributed by atoms with Crippen LogP contribution in [0, 0.1) is 0 Å². The molecule has 1 aromatic carbocycles. The summed E-state index contributed by atoms with van der Waals surface area (Å²) in [4.78, 5) is 0. The van der Waals surface area contributed by atoms with Crippen LogP contribution in [0.1, 0.15) is 11.7 Å². The van der Waals surface area contributed by atoms with Crippen molar-refractivity contribution in [3.8, 4) is 5.75 Å². The van der Waals surface area contributed by atoms with Gasteiger partial charge in [-0.25, -0.2) is 8.42 Å². The lowest BCUT2D eigenvalue weighted by molar-refractivity contribution is -0.274. The topological polar surface area (TPSA) is 63.6 Å². The molecule has 0 fully saturated rings. The van der Waals surface area contributed by atoms with Crippen LogP contribution in [-0.4, -0.2) is 31.9 Å². The second-order valence-electron chi connectivity index (χ2n) is 3.73. The van der Waals surface area contributed by atoms with Crippen LogP contribution in [0.5, 0.6) is 5.75 Å². The van der Waals surface area contributed by atoms with Crippen molar-refractivity contribution in [3.63, 3.8) is 0 Å². The molecule has 0 radical (unpaired) electrons. The van der Waals surface area contributed by atoms with Gasteiger partial charge in [0.15, 0.2) is 0 Å². The van der Waals surface area contributed by atoms with E-state index in [4.69, 9.17) is 0 Å². The first kappa shape index (κ1) is 14.8. The molecule has 1 rings (SSSR count). The summed E-state index contributed by atoms with van der Waals surface area (Å²) in [6.07, 6.45) is -5.11. The van der Waals surface area contributed by atoms with E-state index >= 15 is 0 Å². The molecule has 0 heterocycles. The first-order valence-electron chi connectivity index (χ1n) is 4.78. The number of rotatable bonds is 4. The number of benzene rings is 1. The molecule has 0 aliphatic rings. The van der Waals surface area contributed by atoms with Crippen LogP contribution in [0.25, 0.3) is 0 Å². The Hall–Kier alpha value is -1.28. The molecule has 8 heteroatoms. The third-order valence-electron chi connectivity index (χ3n) is 1.96. The predicted octanol–water partition coefficient (Wildman–Crippen LogP) is 1.66. The number of halogens is 3. The van der Waals surface area contributed by atoms with Crippen LogP contribution in [0.3, 0.4) is 0 Å². The summed E-state index contributed by atoms with van der Waals surface area (Å²) in [6.45, 7) is 0. The molecule has 0 saturated carbocycles. The van der Waals surface area contributed by atoms with E-state index in [1.165, 1.54) is 12.1 Å². The molecule has 0 amide bonds. The number of aliphatic hydroxyl groups excluding tert-OH is 1. The molecule has 0 aliphatic heterocycles. The first-order chi connectivity index (χ1) is 8.07. The second-order valence-corrected chi connectivity index (χ2v) is 5.91. The van der Waals surface area contributed by atoms with Crippen LogP contribution in [0.2, 0.25) is 0 Å². The highest BCUT2D eigenvalue weighted by atomic mass is 32.2. The van der Waals surface area contributed by atoms with Gasteiger partial charge in [0, 0.05) is 6.26 Å². The highest BCUT2D eigenvalue weighted by Gasteiger charge is 2.31. The average Bonchev–Trinajstić information content (AvgIpc) is 2.13. The lowest BCUT2D eigenvalue weighted by Crippen LogP contribution is -2.17. The van der Waals surface area contributed by atoms with Crippen molar-refractivity contribution in [2.75, 3.05) is 12.0 Å². The molecule has 18 heavy (non-hydrogen) atoms. The van der Waals surface area contributed by atoms with Gasteiger partial charge in [-0.15, -0.1) is 13.2 Å². The van der Waals surface area contributed by atoms with Crippen molar-refractivity contribution >= 4 is 9.84 Å². The van der Waals surface area contributed by atoms with Gasteiger partial charge in [0.05, 0.1) is 11.9 Å². The fraction of sp³-hybridized carbons (Fsp3) is 0.400. The Bertz CT molecular complexity index is 493. The molecule has 1 aromatic rings. The molecule has 0 aromatic heterocycles. The van der Waals surface area contributed by atoms with E-state index in [1.54, 1.807) is 0 Å². The molecule has 1 N–H and O–H groups in total. The van der Waals surface area contributed by atoms with Crippen molar-refractivity contribution in [3.05, 3.63) is 29.8 Å². The van der Waals surface area contributed by atoms with Crippen LogP contribution in [0.4, 0.5) is 13.2 Å². The van der Waals surface area contributed by atoms with Gasteiger partial charge in [-0.3, -0.25) is 0 Å². The fourth-order valence-corrected chi connectivity index (χ4v) is 2.04. The summed E-state index contributed by atoms with van der Waals surface area (Å²) in [5.74, 6) is -0.926. The van der Waals surface area contributed by atoms with Crippen LogP contribution in [-0.2, 0) is 9.84 Å². The Balaban J connectivity index is 2.77. The van der Waals surface area contributed by atoms with Crippen molar-refractivity contribution in [2.45, 2.75) is 12.5 Å². The summed E-state index contributed by atoms with van der Waals surface area (Å²) < 4.78 is 61.1. The lowest BCUT2D eigenvalue weighted by Gasteiger charge is -2.12. The van der Waals surface area contributed by atoms with E-state index in [2.05, 4.69) is 4.74 Å². The predicted molar refractivity (Wildman–Crippen MR) is 57.8 cm³/mol. The van der Waals surface area contributed by atoms with E-state index in [0.717, 1.165) is 18.4 Å². The number of hydrogen-bond donors (Lipinski definition) is 1. The van der Waals surface area contributed by atoms with Crippen molar-refractivity contribution < 1.29 is 31.4 Å². The molecule has 0 aliphatic carbocycles. The summed E-state index contributed by atoms with van der Waals surface area (Å²) in [6, 6.07) is 4.37. The smallest absolute Gasteiger partial charge is 0.406 e. The highest BCUT2D eigenvalue weighted by Crippen LogP contribution is 2.24. The first-order valence-corrected chi connectivity index (χ1v) is 6.84. The molecule has 0 saturated heterocycles. The summed E-state index contributed by atoms with van der Waals surface area (Å²) in [7, 11) is -3.37. The zero-order valence-corrected chi connectivity index (χ0v) is 10.1. The van der Waals surface area contributed by atoms with Gasteiger partial charge in [-0.2, -0.15) is 0 Å². The van der Waals surface area contributed by atoms with E-state index in [1.807, 2.05) is 0 Å². The highest BCUT2D eigenvalue weighted by molar-refractivity contribution is 7.90. The Kier molecular flexibility index (Phi) is 4.23. The maximum absolute atomic E-state index is 11.9. The molecule has 4 nitrogen and oxygen atoms in total. The summed E-state index contributed by atoms with van der Waals surface area (Å²) in [5.41, 5.74) is 0.204. The molecule has 1 unspecified atom stereocenters. The third-order valence-corrected chi connectivity index (χ3v) is 2.88. The Labute approximate surface area is 102 Å². The van der Waals surface area contributed by atoms with Crippen molar-refractivity contribution in [2.24, 2.45) is 0 Å². The number of hydrogen-bond acceptors (Lipinski definition) is 4. The number of aliphatic hydroxyl groups is 1. The van der Waals surface area contributed by atoms with Gasteiger partial charge in [0.1, 0.15) is 15.6 Å². The Morgan fingerprint density at radius 2 is 1.78 bits per heavy atom.